The largest absolute Gasteiger partial charge is 0.452 e. The summed E-state index contributed by atoms with van der Waals surface area (Å²) < 4.78 is 166. The Morgan fingerprint density at radius 1 is 0.267 bits per heavy atom. The summed E-state index contributed by atoms with van der Waals surface area (Å²) in [7, 11) is 0. The Morgan fingerprint density at radius 3 is 0.867 bits per heavy atom. The monoisotopic (exact) mass is 1380 g/mol. The van der Waals surface area contributed by atoms with Gasteiger partial charge in [0.15, 0.2) is 22.3 Å². The number of hydrogen-bond acceptors (Lipinski definition) is 4. The summed E-state index contributed by atoms with van der Waals surface area (Å²) in [4.78, 5) is 4.65. The van der Waals surface area contributed by atoms with Crippen molar-refractivity contribution in [2.45, 2.75) is 131 Å². The van der Waals surface area contributed by atoms with Gasteiger partial charge in [-0.25, -0.2) is 0 Å². The zero-order valence-corrected chi connectivity index (χ0v) is 61.7. The van der Waals surface area contributed by atoms with Crippen molar-refractivity contribution in [3.63, 3.8) is 0 Å². The molecule has 0 bridgehead atoms. The summed E-state index contributed by atoms with van der Waals surface area (Å²) in [6.45, 7) is 33.0. The molecule has 0 amide bonds. The van der Waals surface area contributed by atoms with Gasteiger partial charge in [0.05, 0.1) is 66.7 Å². The van der Waals surface area contributed by atoms with E-state index in [1.54, 1.807) is 12.1 Å². The lowest BCUT2D eigenvalue weighted by atomic mass is 9.33. The Labute approximate surface area is 638 Å². The standard InChI is InChI=1S/C98H87BN4O2/c1-94(2,3)62-48-60(49-63(54-62)95(4,5)6)58-44-46-75-85(52-58)102(83-42-26-34-73-71-32-24-40-81(90(71)104-92(73)83)100-77-36-20-16-28-67(77)68-29-17-21-37-78(68)100)87-56-66(98(13,14)15)57-88-89(87)99(75)76-47-45-59(61-50-64(96(7,8)9)55-65(51-61)97(10,11)12)53-86(76)103(88)84-43-27-35-74-72-33-25-41-82(91(72)105-93(74)84)101-79-38-22-18-30-69(79)70-31-19-23-39-80(70)101/h16-57H,1-15H3/i16D,17D,18D,19D,20D,21D,22D,23D,28D,29D,30D,31D,36D,37D,38D,39D. The summed E-state index contributed by atoms with van der Waals surface area (Å²) in [6.07, 6.45) is 0. The molecule has 0 spiro atoms. The number of hydrogen-bond donors (Lipinski definition) is 0. The summed E-state index contributed by atoms with van der Waals surface area (Å²) in [5.41, 5.74) is 17.6. The second-order valence-corrected chi connectivity index (χ2v) is 33.8. The Bertz CT molecular complexity index is 6890. The number of anilines is 6. The minimum Gasteiger partial charge on any atom is -0.452 e. The van der Waals surface area contributed by atoms with Gasteiger partial charge in [-0.15, -0.1) is 0 Å². The van der Waals surface area contributed by atoms with Crippen LogP contribution in [-0.2, 0) is 27.1 Å². The van der Waals surface area contributed by atoms with Gasteiger partial charge in [-0.2, -0.15) is 0 Å². The highest BCUT2D eigenvalue weighted by Crippen LogP contribution is 2.53. The highest BCUT2D eigenvalue weighted by atomic mass is 16.3. The molecular weight excluding hydrogens is 1280 g/mol. The number of aromatic nitrogens is 2. The SMILES string of the molecule is [2H]c1c([2H])c([2H])c2c(c1[2H])c1c([2H])c([2H])c([2H])c([2H])c1n2-c1cccc2c1oc1c(N3c4cc(-c5cc(C(C)(C)C)cc(C(C)(C)C)c5)ccc4B4c5ccc(-c6cc(C(C)(C)C)cc(C(C)(C)C)c6)cc5N(c5cccc6c5oc5c(-n7c8c([2H])c([2H])c([2H])c([2H])c8c8c([2H])c([2H])c([2H])c([2H])c87)cccc56)c5cc(C(C)(C)C)cc3c54)cccc12. The molecule has 19 rings (SSSR count). The van der Waals surface area contributed by atoms with Gasteiger partial charge < -0.3 is 27.8 Å². The molecule has 6 nitrogen and oxygen atoms in total. The lowest BCUT2D eigenvalue weighted by Gasteiger charge is -2.45. The smallest absolute Gasteiger partial charge is 0.252 e. The third-order valence-corrected chi connectivity index (χ3v) is 21.9. The molecule has 0 N–H and O–H groups in total. The van der Waals surface area contributed by atoms with Crippen LogP contribution >= 0.6 is 0 Å². The Balaban J connectivity index is 0.941. The molecule has 2 aliphatic rings. The summed E-state index contributed by atoms with van der Waals surface area (Å²) in [5, 5.41) is 2.42. The lowest BCUT2D eigenvalue weighted by molar-refractivity contribution is 0.568. The minimum absolute atomic E-state index is 0.0377. The van der Waals surface area contributed by atoms with Crippen LogP contribution in [0.15, 0.2) is 263 Å². The van der Waals surface area contributed by atoms with Crippen molar-refractivity contribution < 1.29 is 30.8 Å². The van der Waals surface area contributed by atoms with Gasteiger partial charge in [-0.05, 0) is 166 Å². The van der Waals surface area contributed by atoms with E-state index in [0.717, 1.165) is 67.0 Å². The van der Waals surface area contributed by atoms with Crippen molar-refractivity contribution in [3.8, 4) is 33.6 Å². The van der Waals surface area contributed by atoms with Crippen molar-refractivity contribution in [2.75, 3.05) is 9.80 Å². The minimum atomic E-state index is -0.559. The molecule has 0 atom stereocenters. The van der Waals surface area contributed by atoms with Crippen molar-refractivity contribution >= 4 is 145 Å². The zero-order valence-electron chi connectivity index (χ0n) is 77.7. The highest BCUT2D eigenvalue weighted by molar-refractivity contribution is 7.00. The molecule has 0 radical (unpaired) electrons. The first-order valence-electron chi connectivity index (χ1n) is 44.2. The fourth-order valence-electron chi connectivity index (χ4n) is 16.2. The zero-order chi connectivity index (χ0) is 86.2. The predicted octanol–water partition coefficient (Wildman–Crippen LogP) is 25.6. The lowest BCUT2D eigenvalue weighted by Crippen LogP contribution is -2.61. The second kappa shape index (κ2) is 22.6. The molecule has 2 aliphatic heterocycles. The average Bonchev–Trinajstić information content (AvgIpc) is 1.66. The normalized spacial score (nSPS) is 15.7. The molecule has 105 heavy (non-hydrogen) atoms. The third-order valence-electron chi connectivity index (χ3n) is 21.9. The summed E-state index contributed by atoms with van der Waals surface area (Å²) in [6, 6.07) is 47.5. The number of rotatable bonds is 6. The fourth-order valence-corrected chi connectivity index (χ4v) is 16.2. The van der Waals surface area contributed by atoms with Crippen LogP contribution in [0.5, 0.6) is 0 Å². The first kappa shape index (κ1) is 49.4. The molecular formula is C98H87BN4O2. The number of benzene rings is 13. The molecule has 0 saturated heterocycles. The van der Waals surface area contributed by atoms with Crippen LogP contribution in [0, 0.1) is 0 Å². The van der Waals surface area contributed by atoms with Crippen LogP contribution in [0.4, 0.5) is 34.1 Å². The van der Waals surface area contributed by atoms with Crippen LogP contribution in [0.2, 0.25) is 0 Å². The van der Waals surface area contributed by atoms with Gasteiger partial charge >= 0.3 is 0 Å². The Morgan fingerprint density at radius 2 is 0.552 bits per heavy atom. The van der Waals surface area contributed by atoms with Gasteiger partial charge in [0.1, 0.15) is 0 Å². The third kappa shape index (κ3) is 9.97. The molecule has 514 valence electrons. The first-order chi connectivity index (χ1) is 56.9. The fraction of sp³-hybridized carbons (Fsp3) is 0.204. The van der Waals surface area contributed by atoms with E-state index in [1.165, 1.54) is 31.4 Å². The summed E-state index contributed by atoms with van der Waals surface area (Å²) >= 11 is 0. The van der Waals surface area contributed by atoms with Gasteiger partial charge in [-0.1, -0.05) is 286 Å². The van der Waals surface area contributed by atoms with E-state index in [1.807, 2.05) is 48.5 Å². The molecule has 4 aromatic heterocycles. The molecule has 0 fully saturated rings. The van der Waals surface area contributed by atoms with E-state index in [0.29, 0.717) is 55.3 Å². The highest BCUT2D eigenvalue weighted by Gasteiger charge is 2.46. The second-order valence-electron chi connectivity index (χ2n) is 33.8. The van der Waals surface area contributed by atoms with Crippen LogP contribution in [0.1, 0.15) is 154 Å². The van der Waals surface area contributed by atoms with E-state index < -0.39 is 109 Å². The molecule has 6 heterocycles. The van der Waals surface area contributed by atoms with E-state index in [2.05, 4.69) is 211 Å². The topological polar surface area (TPSA) is 42.6 Å². The van der Waals surface area contributed by atoms with Crippen LogP contribution in [0.3, 0.4) is 0 Å². The average molecular weight is 1380 g/mol. The summed E-state index contributed by atoms with van der Waals surface area (Å²) in [5.74, 6) is 0. The number of fused-ring (bicyclic) bond motifs is 16. The van der Waals surface area contributed by atoms with E-state index in [-0.39, 0.29) is 76.6 Å². The van der Waals surface area contributed by atoms with Crippen molar-refractivity contribution in [1.82, 2.24) is 9.13 Å². The molecule has 13 aromatic carbocycles. The molecule has 0 saturated carbocycles. The van der Waals surface area contributed by atoms with Crippen LogP contribution in [-0.4, -0.2) is 15.8 Å². The van der Waals surface area contributed by atoms with Crippen LogP contribution in [0.25, 0.3) is 121 Å². The number of furan rings is 2. The first-order valence-corrected chi connectivity index (χ1v) is 36.2. The predicted molar refractivity (Wildman–Crippen MR) is 448 cm³/mol. The molecule has 0 aliphatic carbocycles. The Kier molecular flexibility index (Phi) is 10.6. The van der Waals surface area contributed by atoms with E-state index >= 15 is 0 Å². The number of para-hydroxylation sites is 8. The van der Waals surface area contributed by atoms with Gasteiger partial charge in [0.25, 0.3) is 6.71 Å². The Hall–Kier alpha value is -11.3. The van der Waals surface area contributed by atoms with Crippen molar-refractivity contribution in [3.05, 3.63) is 282 Å². The van der Waals surface area contributed by atoms with Gasteiger partial charge in [-0.3, -0.25) is 0 Å². The van der Waals surface area contributed by atoms with Crippen molar-refractivity contribution in [2.24, 2.45) is 0 Å². The molecule has 7 heteroatoms. The molecule has 17 aromatic rings. The quantitative estimate of drug-likeness (QED) is 0.156. The van der Waals surface area contributed by atoms with Crippen LogP contribution < -0.4 is 26.2 Å². The van der Waals surface area contributed by atoms with Gasteiger partial charge in [0, 0.05) is 65.8 Å². The maximum Gasteiger partial charge on any atom is 0.252 e. The van der Waals surface area contributed by atoms with E-state index in [4.69, 9.17) is 19.8 Å². The number of nitrogens with zero attached hydrogens (tertiary/aromatic N) is 4. The molecule has 0 unspecified atom stereocenters. The van der Waals surface area contributed by atoms with E-state index in [9.17, 15) is 11.0 Å². The maximum absolute atomic E-state index is 9.60. The van der Waals surface area contributed by atoms with Crippen molar-refractivity contribution in [1.29, 1.82) is 0 Å². The maximum atomic E-state index is 9.60. The van der Waals surface area contributed by atoms with Gasteiger partial charge in [0.2, 0.25) is 0 Å².